The molecule has 0 unspecified atom stereocenters. The maximum atomic E-state index is 14.6. The number of nitrogen functional groups attached to an aromatic ring is 1. The van der Waals surface area contributed by atoms with Gasteiger partial charge in [0.2, 0.25) is 5.60 Å². The fourth-order valence-corrected chi connectivity index (χ4v) is 10.8. The molecule has 0 radical (unpaired) electrons. The van der Waals surface area contributed by atoms with Crippen molar-refractivity contribution >= 4 is 63.5 Å². The van der Waals surface area contributed by atoms with Crippen LogP contribution in [0.15, 0.2) is 179 Å². The third-order valence-corrected chi connectivity index (χ3v) is 14.1. The maximum absolute atomic E-state index is 14.6. The summed E-state index contributed by atoms with van der Waals surface area (Å²) in [6, 6.07) is 46.8. The molecule has 0 aliphatic carbocycles. The number of oxime groups is 1. The molecule has 1 saturated heterocycles. The normalized spacial score (nSPS) is 16.2. The van der Waals surface area contributed by atoms with E-state index in [2.05, 4.69) is 25.4 Å². The van der Waals surface area contributed by atoms with Crippen LogP contribution in [0.5, 0.6) is 0 Å². The summed E-state index contributed by atoms with van der Waals surface area (Å²) in [5.41, 5.74) is 9.65. The molecule has 4 heterocycles. The molecular weight excluding hydrogens is 863 g/mol. The van der Waals surface area contributed by atoms with Crippen LogP contribution in [0.25, 0.3) is 0 Å². The van der Waals surface area contributed by atoms with Crippen LogP contribution in [0, 0.1) is 6.92 Å². The average Bonchev–Trinajstić information content (AvgIpc) is 3.98. The second kappa shape index (κ2) is 18.8. The largest absolute Gasteiger partial charge is 0.448 e. The molecule has 15 heteroatoms. The van der Waals surface area contributed by atoms with Crippen molar-refractivity contribution in [3.8, 4) is 0 Å². The maximum Gasteiger partial charge on any atom is 0.356 e. The molecule has 2 atom stereocenters. The zero-order chi connectivity index (χ0) is 44.0. The highest BCUT2D eigenvalue weighted by Gasteiger charge is 2.55. The first-order chi connectivity index (χ1) is 31.3. The van der Waals surface area contributed by atoms with Gasteiger partial charge in [-0.05, 0) is 18.1 Å². The number of fused-ring (bicyclic) bond motifs is 1. The fourth-order valence-electron chi connectivity index (χ4n) is 7.75. The summed E-state index contributed by atoms with van der Waals surface area (Å²) >= 11 is 4.02. The number of carbonyl (C=O) groups is 3. The number of β-lactam (4-membered cyclic amide) rings is 1. The number of nitrogens with zero attached hydrogens (tertiary/aromatic N) is 4. The monoisotopic (exact) mass is 903 g/mol. The van der Waals surface area contributed by atoms with Crippen LogP contribution in [-0.4, -0.2) is 60.5 Å². The number of rotatable bonds is 15. The number of hydrogen-bond acceptors (Lipinski definition) is 12. The number of hydrogen-bond donors (Lipinski definition) is 3. The molecule has 2 amide bonds. The van der Waals surface area contributed by atoms with Crippen LogP contribution in [0.2, 0.25) is 0 Å². The van der Waals surface area contributed by atoms with Gasteiger partial charge in [-0.15, -0.1) is 34.9 Å². The summed E-state index contributed by atoms with van der Waals surface area (Å²) in [5.74, 6) is -0.208. The Hall–Kier alpha value is -6.94. The first kappa shape index (κ1) is 42.4. The predicted molar refractivity (Wildman–Crippen MR) is 251 cm³/mol. The lowest BCUT2D eigenvalue weighted by Crippen LogP contribution is -2.71. The SMILES string of the molecule is Cc1ncc(CSC2=C(C(=O)OC(c3ccccc3)c3ccccc3)N3C(=O)[C@@H](NC(=O)/C(=N\OC(c4ccccc4)(c4ccccc4)c4ccccc4)c4csc(N)n4)[C@@H]3SC2)[nH]1. The molecule has 64 heavy (non-hydrogen) atoms. The minimum Gasteiger partial charge on any atom is -0.448 e. The first-order valence-corrected chi connectivity index (χ1v) is 23.3. The number of nitrogens with two attached hydrogens (primary N) is 1. The van der Waals surface area contributed by atoms with Crippen LogP contribution in [-0.2, 0) is 35.3 Å². The molecule has 12 nitrogen and oxygen atoms in total. The Balaban J connectivity index is 1.04. The van der Waals surface area contributed by atoms with E-state index in [4.69, 9.17) is 15.3 Å². The predicted octanol–water partition coefficient (Wildman–Crippen LogP) is 8.35. The van der Waals surface area contributed by atoms with Gasteiger partial charge in [0.15, 0.2) is 16.9 Å². The lowest BCUT2D eigenvalue weighted by atomic mass is 9.80. The van der Waals surface area contributed by atoms with E-state index in [-0.39, 0.29) is 22.2 Å². The standard InChI is InChI=1S/C49H41N7O5S3/c1-31-51-27-37(52-31)28-62-39-30-63-46-41(45(58)56(46)42(39)47(59)60-43(32-17-7-2-8-18-32)33-19-9-3-10-20-33)54-44(57)40(38-29-64-48(50)53-38)55-61-49(34-21-11-4-12-22-34,35-23-13-5-14-24-35)36-25-15-6-16-26-36/h2-27,29,41,43,46H,28,30H2,1H3,(H2,50,53)(H,51,52)(H,54,57)/b55-40-/t41-,46+/m1/s1. The molecule has 5 aromatic carbocycles. The van der Waals surface area contributed by atoms with E-state index in [1.54, 1.807) is 11.6 Å². The van der Waals surface area contributed by atoms with Crippen molar-refractivity contribution in [1.82, 2.24) is 25.2 Å². The van der Waals surface area contributed by atoms with Gasteiger partial charge in [-0.2, -0.15) is 0 Å². The molecule has 0 spiro atoms. The summed E-state index contributed by atoms with van der Waals surface area (Å²) in [7, 11) is 0. The minimum absolute atomic E-state index is 0.139. The van der Waals surface area contributed by atoms with Crippen LogP contribution in [0.4, 0.5) is 5.13 Å². The summed E-state index contributed by atoms with van der Waals surface area (Å²) in [6.45, 7) is 1.87. The highest BCUT2D eigenvalue weighted by atomic mass is 32.2. The average molecular weight is 904 g/mol. The van der Waals surface area contributed by atoms with E-state index in [1.807, 2.05) is 159 Å². The number of ether oxygens (including phenoxy) is 1. The quantitative estimate of drug-likeness (QED) is 0.0300. The number of aryl methyl sites for hydroxylation is 1. The smallest absolute Gasteiger partial charge is 0.356 e. The highest BCUT2D eigenvalue weighted by molar-refractivity contribution is 8.05. The number of carbonyl (C=O) groups excluding carboxylic acids is 3. The number of aromatic amines is 1. The van der Waals surface area contributed by atoms with Gasteiger partial charge in [-0.1, -0.05) is 157 Å². The molecule has 9 rings (SSSR count). The summed E-state index contributed by atoms with van der Waals surface area (Å²) in [4.78, 5) is 64.5. The van der Waals surface area contributed by atoms with Gasteiger partial charge in [0, 0.05) is 50.4 Å². The molecule has 0 bridgehead atoms. The number of amides is 2. The molecule has 320 valence electrons. The van der Waals surface area contributed by atoms with Gasteiger partial charge >= 0.3 is 5.97 Å². The van der Waals surface area contributed by atoms with E-state index in [0.717, 1.165) is 50.7 Å². The number of H-pyrrole nitrogens is 1. The summed E-state index contributed by atoms with van der Waals surface area (Å²) < 4.78 is 6.36. The van der Waals surface area contributed by atoms with Gasteiger partial charge in [-0.3, -0.25) is 14.5 Å². The van der Waals surface area contributed by atoms with Crippen LogP contribution >= 0.6 is 34.9 Å². The lowest BCUT2D eigenvalue weighted by molar-refractivity contribution is -0.154. The number of nitrogens with one attached hydrogen (secondary N) is 2. The summed E-state index contributed by atoms with van der Waals surface area (Å²) in [5, 5.41) is 8.74. The van der Waals surface area contributed by atoms with Crippen LogP contribution in [0.1, 0.15) is 51.1 Å². The van der Waals surface area contributed by atoms with Crippen molar-refractivity contribution in [2.45, 2.75) is 35.8 Å². The van der Waals surface area contributed by atoms with Crippen molar-refractivity contribution in [2.24, 2.45) is 5.16 Å². The van der Waals surface area contributed by atoms with Gasteiger partial charge in [0.25, 0.3) is 11.8 Å². The third kappa shape index (κ3) is 8.57. The van der Waals surface area contributed by atoms with Crippen molar-refractivity contribution in [2.75, 3.05) is 11.5 Å². The van der Waals surface area contributed by atoms with E-state index >= 15 is 0 Å². The zero-order valence-corrected chi connectivity index (χ0v) is 36.8. The molecule has 4 N–H and O–H groups in total. The number of thioether (sulfide) groups is 2. The number of benzene rings is 5. The Bertz CT molecular complexity index is 2690. The van der Waals surface area contributed by atoms with E-state index < -0.39 is 40.9 Å². The van der Waals surface area contributed by atoms with Crippen molar-refractivity contribution in [3.63, 3.8) is 0 Å². The van der Waals surface area contributed by atoms with E-state index in [9.17, 15) is 14.4 Å². The second-order valence-corrected chi connectivity index (χ2v) is 18.0. The Morgan fingerprint density at radius 1 is 0.875 bits per heavy atom. The molecule has 1 fully saturated rings. The number of thiazole rings is 1. The Morgan fingerprint density at radius 3 is 1.92 bits per heavy atom. The first-order valence-electron chi connectivity index (χ1n) is 20.4. The number of anilines is 1. The number of aromatic nitrogens is 3. The third-order valence-electron chi connectivity index (χ3n) is 10.8. The Kier molecular flexibility index (Phi) is 12.4. The summed E-state index contributed by atoms with van der Waals surface area (Å²) in [6.07, 6.45) is 1.01. The highest BCUT2D eigenvalue weighted by Crippen LogP contribution is 2.46. The van der Waals surface area contributed by atoms with Crippen molar-refractivity contribution in [1.29, 1.82) is 0 Å². The Labute approximate surface area is 382 Å². The van der Waals surface area contributed by atoms with Gasteiger partial charge in [-0.25, -0.2) is 14.8 Å². The van der Waals surface area contributed by atoms with Gasteiger partial charge in [0.1, 0.15) is 28.6 Å². The number of esters is 1. The van der Waals surface area contributed by atoms with Crippen molar-refractivity contribution in [3.05, 3.63) is 219 Å². The zero-order valence-electron chi connectivity index (χ0n) is 34.4. The lowest BCUT2D eigenvalue weighted by Gasteiger charge is -2.49. The van der Waals surface area contributed by atoms with Crippen LogP contribution in [0.3, 0.4) is 0 Å². The minimum atomic E-state index is -1.31. The molecular formula is C49H41N7O5S3. The molecule has 7 aromatic rings. The van der Waals surface area contributed by atoms with E-state index in [1.165, 1.54) is 28.4 Å². The molecule has 2 aromatic heterocycles. The van der Waals surface area contributed by atoms with Crippen molar-refractivity contribution < 1.29 is 24.0 Å². The van der Waals surface area contributed by atoms with Gasteiger partial charge < -0.3 is 25.6 Å². The van der Waals surface area contributed by atoms with Crippen LogP contribution < -0.4 is 11.1 Å². The molecule has 0 saturated carbocycles. The molecule has 2 aliphatic rings. The van der Waals surface area contributed by atoms with Gasteiger partial charge in [0.05, 0.1) is 0 Å². The number of imidazole rings is 1. The fraction of sp³-hybridized carbons (Fsp3) is 0.143. The second-order valence-electron chi connectivity index (χ2n) is 14.9. The topological polar surface area (TPSA) is 165 Å². The Morgan fingerprint density at radius 2 is 1.42 bits per heavy atom. The van der Waals surface area contributed by atoms with E-state index in [0.29, 0.717) is 16.4 Å². The molecule has 2 aliphatic heterocycles.